The Hall–Kier alpha value is -1.95. The highest BCUT2D eigenvalue weighted by molar-refractivity contribution is 5.93. The number of carbonyl (C=O) groups excluding carboxylic acids is 1. The van der Waals surface area contributed by atoms with Gasteiger partial charge in [0.2, 0.25) is 5.78 Å². The van der Waals surface area contributed by atoms with E-state index in [1.54, 1.807) is 16.8 Å². The number of amides is 1. The van der Waals surface area contributed by atoms with Crippen molar-refractivity contribution in [2.75, 3.05) is 6.61 Å². The molecule has 0 unspecified atom stereocenters. The molecule has 2 bridgehead atoms. The normalized spacial score (nSPS) is 30.4. The lowest BCUT2D eigenvalue weighted by Gasteiger charge is -2.34. The zero-order valence-electron chi connectivity index (χ0n) is 12.6. The highest BCUT2D eigenvalue weighted by atomic mass is 16.3. The molecule has 2 aliphatic rings. The molecule has 0 aromatic carbocycles. The molecular weight excluding hydrogens is 280 g/mol. The lowest BCUT2D eigenvalue weighted by Crippen LogP contribution is -2.42. The second-order valence-electron chi connectivity index (χ2n) is 6.49. The zero-order valence-corrected chi connectivity index (χ0v) is 12.6. The van der Waals surface area contributed by atoms with Gasteiger partial charge in [-0.3, -0.25) is 9.20 Å². The van der Waals surface area contributed by atoms with E-state index in [2.05, 4.69) is 16.9 Å². The largest absolute Gasteiger partial charge is 0.396 e. The van der Waals surface area contributed by atoms with Crippen LogP contribution in [0, 0.1) is 5.41 Å². The molecule has 1 N–H and O–H groups in total. The van der Waals surface area contributed by atoms with E-state index in [0.29, 0.717) is 11.5 Å². The second-order valence-corrected chi connectivity index (χ2v) is 6.49. The van der Waals surface area contributed by atoms with Crippen LogP contribution in [0.2, 0.25) is 0 Å². The van der Waals surface area contributed by atoms with Gasteiger partial charge in [0.1, 0.15) is 5.69 Å². The van der Waals surface area contributed by atoms with Crippen LogP contribution in [0.4, 0.5) is 0 Å². The molecule has 2 aromatic rings. The number of hydrogen-bond donors (Lipinski definition) is 1. The van der Waals surface area contributed by atoms with Crippen LogP contribution in [0.5, 0.6) is 0 Å². The zero-order chi connectivity index (χ0) is 15.3. The van der Waals surface area contributed by atoms with Crippen LogP contribution in [0.15, 0.2) is 24.7 Å². The van der Waals surface area contributed by atoms with Crippen LogP contribution in [0.1, 0.15) is 43.1 Å². The van der Waals surface area contributed by atoms with Crippen LogP contribution >= 0.6 is 0 Å². The average Bonchev–Trinajstić information content (AvgIpc) is 3.24. The van der Waals surface area contributed by atoms with E-state index < -0.39 is 0 Å². The van der Waals surface area contributed by atoms with E-state index in [9.17, 15) is 9.90 Å². The monoisotopic (exact) mass is 300 g/mol. The minimum Gasteiger partial charge on any atom is -0.396 e. The molecule has 22 heavy (non-hydrogen) atoms. The van der Waals surface area contributed by atoms with Gasteiger partial charge in [0.25, 0.3) is 5.91 Å². The first kappa shape index (κ1) is 13.7. The maximum Gasteiger partial charge on any atom is 0.274 e. The maximum atomic E-state index is 12.9. The third kappa shape index (κ3) is 1.73. The van der Waals surface area contributed by atoms with E-state index >= 15 is 0 Å². The molecule has 0 radical (unpaired) electrons. The first-order valence-corrected chi connectivity index (χ1v) is 7.92. The Kier molecular flexibility index (Phi) is 2.97. The fourth-order valence-corrected chi connectivity index (χ4v) is 4.32. The van der Waals surface area contributed by atoms with Crippen molar-refractivity contribution in [2.45, 2.75) is 44.7 Å². The molecule has 6 nitrogen and oxygen atoms in total. The summed E-state index contributed by atoms with van der Waals surface area (Å²) in [5, 5.41) is 9.86. The van der Waals surface area contributed by atoms with Gasteiger partial charge < -0.3 is 10.0 Å². The number of imidazole rings is 1. The number of aliphatic hydroxyl groups is 1. The Balaban J connectivity index is 1.68. The van der Waals surface area contributed by atoms with Crippen LogP contribution in [-0.4, -0.2) is 49.0 Å². The third-order valence-corrected chi connectivity index (χ3v) is 5.56. The van der Waals surface area contributed by atoms with Crippen LogP contribution in [0.25, 0.3) is 5.78 Å². The van der Waals surface area contributed by atoms with Gasteiger partial charge in [-0.1, -0.05) is 6.92 Å². The fraction of sp³-hybridized carbons (Fsp3) is 0.562. The Morgan fingerprint density at radius 2 is 2.36 bits per heavy atom. The van der Waals surface area contributed by atoms with Gasteiger partial charge in [-0.05, 0) is 31.7 Å². The molecule has 116 valence electrons. The summed E-state index contributed by atoms with van der Waals surface area (Å²) in [5.74, 6) is 0.517. The number of carbonyl (C=O) groups is 1. The predicted molar refractivity (Wildman–Crippen MR) is 80.4 cm³/mol. The number of fused-ring (bicyclic) bond motifs is 3. The molecule has 0 saturated carbocycles. The summed E-state index contributed by atoms with van der Waals surface area (Å²) in [4.78, 5) is 23.4. The molecule has 0 aliphatic carbocycles. The molecule has 2 aromatic heterocycles. The van der Waals surface area contributed by atoms with E-state index in [4.69, 9.17) is 0 Å². The van der Waals surface area contributed by atoms with Crippen molar-refractivity contribution in [2.24, 2.45) is 5.41 Å². The summed E-state index contributed by atoms with van der Waals surface area (Å²) in [6, 6.07) is 2.19. The van der Waals surface area contributed by atoms with Crippen LogP contribution in [0.3, 0.4) is 0 Å². The minimum atomic E-state index is -0.129. The fourth-order valence-electron chi connectivity index (χ4n) is 4.32. The quantitative estimate of drug-likeness (QED) is 0.932. The SMILES string of the molecule is CC[C@]1(CO)C[C@H]2CC[C@@H]1N2C(=O)c1cn2cccnc2n1. The lowest BCUT2D eigenvalue weighted by atomic mass is 9.72. The van der Waals surface area contributed by atoms with Crippen molar-refractivity contribution in [3.63, 3.8) is 0 Å². The van der Waals surface area contributed by atoms with E-state index in [1.807, 2.05) is 17.2 Å². The first-order valence-electron chi connectivity index (χ1n) is 7.92. The Morgan fingerprint density at radius 3 is 3.05 bits per heavy atom. The first-order chi connectivity index (χ1) is 10.7. The van der Waals surface area contributed by atoms with E-state index in [1.165, 1.54) is 0 Å². The second kappa shape index (κ2) is 4.78. The highest BCUT2D eigenvalue weighted by Gasteiger charge is 2.56. The number of hydrogen-bond acceptors (Lipinski definition) is 4. The summed E-state index contributed by atoms with van der Waals surface area (Å²) in [5.41, 5.74) is 0.316. The molecule has 4 rings (SSSR count). The van der Waals surface area contributed by atoms with Crippen LogP contribution < -0.4 is 0 Å². The van der Waals surface area contributed by atoms with E-state index in [0.717, 1.165) is 25.7 Å². The summed E-state index contributed by atoms with van der Waals surface area (Å²) in [7, 11) is 0. The van der Waals surface area contributed by atoms with Crippen molar-refractivity contribution < 1.29 is 9.90 Å². The molecule has 2 aliphatic heterocycles. The molecule has 4 heterocycles. The summed E-state index contributed by atoms with van der Waals surface area (Å²) < 4.78 is 1.77. The molecule has 3 atom stereocenters. The molecule has 2 saturated heterocycles. The molecule has 0 spiro atoms. The Morgan fingerprint density at radius 1 is 1.50 bits per heavy atom. The van der Waals surface area contributed by atoms with Gasteiger partial charge in [0.05, 0.1) is 6.61 Å². The van der Waals surface area contributed by atoms with Crippen molar-refractivity contribution in [3.05, 3.63) is 30.4 Å². The van der Waals surface area contributed by atoms with Crippen molar-refractivity contribution in [1.29, 1.82) is 0 Å². The van der Waals surface area contributed by atoms with Crippen LogP contribution in [-0.2, 0) is 0 Å². The topological polar surface area (TPSA) is 70.7 Å². The maximum absolute atomic E-state index is 12.9. The number of aliphatic hydroxyl groups excluding tert-OH is 1. The summed E-state index contributed by atoms with van der Waals surface area (Å²) in [6.45, 7) is 2.26. The van der Waals surface area contributed by atoms with Gasteiger partial charge in [0, 0.05) is 36.1 Å². The van der Waals surface area contributed by atoms with Gasteiger partial charge in [-0.15, -0.1) is 0 Å². The van der Waals surface area contributed by atoms with Gasteiger partial charge in [-0.2, -0.15) is 0 Å². The van der Waals surface area contributed by atoms with E-state index in [-0.39, 0.29) is 30.0 Å². The predicted octanol–water partition coefficient (Wildman–Crippen LogP) is 1.49. The minimum absolute atomic E-state index is 0.0261. The lowest BCUT2D eigenvalue weighted by molar-refractivity contribution is 0.0553. The van der Waals surface area contributed by atoms with Crippen molar-refractivity contribution >= 4 is 11.7 Å². The standard InChI is InChI=1S/C16H20N4O2/c1-2-16(10-21)8-11-4-5-13(16)20(11)14(22)12-9-19-7-3-6-17-15(19)18-12/h3,6-7,9,11,13,21H,2,4-5,8,10H2,1H3/t11-,13+,16-/m1/s1. The molecule has 1 amide bonds. The van der Waals surface area contributed by atoms with Gasteiger partial charge >= 0.3 is 0 Å². The molecular formula is C16H20N4O2. The van der Waals surface area contributed by atoms with Crippen molar-refractivity contribution in [3.8, 4) is 0 Å². The summed E-state index contributed by atoms with van der Waals surface area (Å²) >= 11 is 0. The van der Waals surface area contributed by atoms with Crippen molar-refractivity contribution in [1.82, 2.24) is 19.3 Å². The Bertz CT molecular complexity index is 689. The van der Waals surface area contributed by atoms with Gasteiger partial charge in [-0.25, -0.2) is 9.97 Å². The Labute approximate surface area is 128 Å². The molecule has 2 fully saturated rings. The third-order valence-electron chi connectivity index (χ3n) is 5.56. The molecule has 6 heteroatoms. The smallest absolute Gasteiger partial charge is 0.274 e. The highest BCUT2D eigenvalue weighted by Crippen LogP contribution is 2.51. The number of nitrogens with zero attached hydrogens (tertiary/aromatic N) is 4. The van der Waals surface area contributed by atoms with Gasteiger partial charge in [0.15, 0.2) is 0 Å². The number of aromatic nitrogens is 3. The number of rotatable bonds is 3. The average molecular weight is 300 g/mol. The summed E-state index contributed by atoms with van der Waals surface area (Å²) in [6.07, 6.45) is 9.08.